The maximum absolute atomic E-state index is 13.7. The molecule has 4 aromatic carbocycles. The molecule has 0 N–H and O–H groups in total. The maximum Gasteiger partial charge on any atom is 0.282 e. The quantitative estimate of drug-likeness (QED) is 0.151. The predicted octanol–water partition coefficient (Wildman–Crippen LogP) is 7.58. The maximum atomic E-state index is 13.7. The Labute approximate surface area is 254 Å². The molecule has 0 saturated carbocycles. The summed E-state index contributed by atoms with van der Waals surface area (Å²) in [6.45, 7) is 2.48. The van der Waals surface area contributed by atoms with Crippen molar-refractivity contribution in [3.63, 3.8) is 0 Å². The monoisotopic (exact) mass is 641 g/mol. The summed E-state index contributed by atoms with van der Waals surface area (Å²) in [5.41, 5.74) is 2.20. The number of rotatable bonds is 9. The first-order chi connectivity index (χ1) is 20.9. The summed E-state index contributed by atoms with van der Waals surface area (Å²) in [6.07, 6.45) is 1.54. The van der Waals surface area contributed by atoms with Gasteiger partial charge in [-0.1, -0.05) is 30.3 Å². The number of halogens is 2. The SMILES string of the molecule is CCOc1cc(C=Nn2c(-c3cc4c(OC)cccc4o3)nc3ccccc3c2=O)cc(Br)c1OCc1ccc(F)cc1. The molecule has 0 aliphatic heterocycles. The number of ether oxygens (including phenoxy) is 3. The van der Waals surface area contributed by atoms with E-state index in [1.54, 1.807) is 61.9 Å². The van der Waals surface area contributed by atoms with Gasteiger partial charge in [0.2, 0.25) is 5.82 Å². The molecule has 0 aliphatic carbocycles. The molecule has 43 heavy (non-hydrogen) atoms. The van der Waals surface area contributed by atoms with E-state index in [4.69, 9.17) is 23.6 Å². The van der Waals surface area contributed by atoms with Crippen LogP contribution in [0.4, 0.5) is 4.39 Å². The van der Waals surface area contributed by atoms with Crippen LogP contribution in [0.2, 0.25) is 0 Å². The zero-order chi connectivity index (χ0) is 29.9. The molecular weight excluding hydrogens is 617 g/mol. The third-order valence-corrected chi connectivity index (χ3v) is 7.26. The number of furan rings is 1. The van der Waals surface area contributed by atoms with Gasteiger partial charge in [-0.25, -0.2) is 9.37 Å². The summed E-state index contributed by atoms with van der Waals surface area (Å²) in [6, 6.07) is 24.0. The second-order valence-electron chi connectivity index (χ2n) is 9.47. The minimum absolute atomic E-state index is 0.218. The highest BCUT2D eigenvalue weighted by atomic mass is 79.9. The Hall–Kier alpha value is -4.96. The number of methoxy groups -OCH3 is 1. The van der Waals surface area contributed by atoms with Crippen molar-refractivity contribution in [2.45, 2.75) is 13.5 Å². The first-order valence-corrected chi connectivity index (χ1v) is 14.2. The lowest BCUT2D eigenvalue weighted by atomic mass is 10.2. The first kappa shape index (κ1) is 28.2. The van der Waals surface area contributed by atoms with Crippen molar-refractivity contribution in [1.82, 2.24) is 9.66 Å². The van der Waals surface area contributed by atoms with Crippen molar-refractivity contribution < 1.29 is 23.0 Å². The normalized spacial score (nSPS) is 11.4. The summed E-state index contributed by atoms with van der Waals surface area (Å²) in [5.74, 6) is 1.90. The van der Waals surface area contributed by atoms with E-state index in [1.807, 2.05) is 31.2 Å². The number of hydrogen-bond donors (Lipinski definition) is 0. The van der Waals surface area contributed by atoms with Gasteiger partial charge in [-0.2, -0.15) is 9.78 Å². The molecular formula is C33H25BrFN3O5. The fourth-order valence-corrected chi connectivity index (χ4v) is 5.21. The lowest BCUT2D eigenvalue weighted by Crippen LogP contribution is -2.20. The van der Waals surface area contributed by atoms with Crippen LogP contribution in [0.1, 0.15) is 18.1 Å². The van der Waals surface area contributed by atoms with Crippen LogP contribution in [-0.4, -0.2) is 29.6 Å². The highest BCUT2D eigenvalue weighted by molar-refractivity contribution is 9.10. The van der Waals surface area contributed by atoms with Gasteiger partial charge in [-0.15, -0.1) is 0 Å². The molecule has 0 spiro atoms. The van der Waals surface area contributed by atoms with Gasteiger partial charge in [0.25, 0.3) is 5.56 Å². The van der Waals surface area contributed by atoms with Crippen LogP contribution in [0.25, 0.3) is 33.5 Å². The van der Waals surface area contributed by atoms with Gasteiger partial charge in [-0.3, -0.25) is 4.79 Å². The highest BCUT2D eigenvalue weighted by Crippen LogP contribution is 2.37. The van der Waals surface area contributed by atoms with Crippen LogP contribution in [0.15, 0.2) is 104 Å². The number of benzene rings is 4. The van der Waals surface area contributed by atoms with E-state index in [0.29, 0.717) is 56.1 Å². The largest absolute Gasteiger partial charge is 0.496 e. The minimum Gasteiger partial charge on any atom is -0.496 e. The van der Waals surface area contributed by atoms with Crippen molar-refractivity contribution in [2.75, 3.05) is 13.7 Å². The number of fused-ring (bicyclic) bond motifs is 2. The molecule has 6 rings (SSSR count). The molecule has 2 heterocycles. The van der Waals surface area contributed by atoms with Gasteiger partial charge in [0.05, 0.1) is 40.7 Å². The van der Waals surface area contributed by atoms with Crippen LogP contribution in [0, 0.1) is 5.82 Å². The van der Waals surface area contributed by atoms with Crippen LogP contribution in [0.5, 0.6) is 17.2 Å². The highest BCUT2D eigenvalue weighted by Gasteiger charge is 2.18. The third-order valence-electron chi connectivity index (χ3n) is 6.67. The second-order valence-corrected chi connectivity index (χ2v) is 10.3. The van der Waals surface area contributed by atoms with E-state index in [9.17, 15) is 9.18 Å². The molecule has 0 amide bonds. The van der Waals surface area contributed by atoms with E-state index >= 15 is 0 Å². The molecule has 2 aromatic heterocycles. The fraction of sp³-hybridized carbons (Fsp3) is 0.121. The Kier molecular flexibility index (Phi) is 7.93. The number of nitrogens with zero attached hydrogens (tertiary/aromatic N) is 3. The third kappa shape index (κ3) is 5.74. The first-order valence-electron chi connectivity index (χ1n) is 13.4. The van der Waals surface area contributed by atoms with E-state index < -0.39 is 0 Å². The molecule has 0 saturated heterocycles. The molecule has 0 fully saturated rings. The lowest BCUT2D eigenvalue weighted by molar-refractivity contribution is 0.267. The standard InChI is InChI=1S/C33H25BrFN3O5/c1-3-41-29-16-21(15-25(34)31(29)42-19-20-11-13-22(35)14-12-20)18-36-38-32(37-26-8-5-4-7-23(26)33(38)39)30-17-24-27(40-2)9-6-10-28(24)43-30/h4-18H,3,19H2,1-2H3. The van der Waals surface area contributed by atoms with Gasteiger partial charge >= 0.3 is 0 Å². The van der Waals surface area contributed by atoms with Gasteiger partial charge in [0.1, 0.15) is 23.8 Å². The smallest absolute Gasteiger partial charge is 0.282 e. The Morgan fingerprint density at radius 1 is 0.977 bits per heavy atom. The van der Waals surface area contributed by atoms with Gasteiger partial charge in [0.15, 0.2) is 17.3 Å². The van der Waals surface area contributed by atoms with Crippen molar-refractivity contribution >= 4 is 44.0 Å². The van der Waals surface area contributed by atoms with Crippen molar-refractivity contribution in [3.05, 3.63) is 117 Å². The summed E-state index contributed by atoms with van der Waals surface area (Å²) < 4.78 is 38.6. The Morgan fingerprint density at radius 3 is 2.58 bits per heavy atom. The molecule has 0 aliphatic rings. The van der Waals surface area contributed by atoms with Crippen molar-refractivity contribution in [3.8, 4) is 28.8 Å². The number of hydrogen-bond acceptors (Lipinski definition) is 7. The zero-order valence-corrected chi connectivity index (χ0v) is 24.8. The van der Waals surface area contributed by atoms with E-state index in [0.717, 1.165) is 10.9 Å². The van der Waals surface area contributed by atoms with Crippen molar-refractivity contribution in [1.29, 1.82) is 0 Å². The number of aromatic nitrogens is 2. The molecule has 0 unspecified atom stereocenters. The lowest BCUT2D eigenvalue weighted by Gasteiger charge is -2.15. The Bertz CT molecular complexity index is 2040. The van der Waals surface area contributed by atoms with Crippen LogP contribution in [0.3, 0.4) is 0 Å². The predicted molar refractivity (Wildman–Crippen MR) is 167 cm³/mol. The van der Waals surface area contributed by atoms with Crippen LogP contribution in [-0.2, 0) is 6.61 Å². The second kappa shape index (κ2) is 12.1. The van der Waals surface area contributed by atoms with Crippen molar-refractivity contribution in [2.24, 2.45) is 5.10 Å². The molecule has 0 bridgehead atoms. The number of para-hydroxylation sites is 1. The van der Waals surface area contributed by atoms with Crippen LogP contribution < -0.4 is 19.8 Å². The Morgan fingerprint density at radius 2 is 1.79 bits per heavy atom. The molecule has 10 heteroatoms. The molecule has 0 radical (unpaired) electrons. The average Bonchev–Trinajstić information content (AvgIpc) is 3.46. The Balaban J connectivity index is 1.41. The topological polar surface area (TPSA) is 88.1 Å². The summed E-state index contributed by atoms with van der Waals surface area (Å²) >= 11 is 3.58. The summed E-state index contributed by atoms with van der Waals surface area (Å²) in [4.78, 5) is 18.4. The zero-order valence-electron chi connectivity index (χ0n) is 23.2. The molecule has 216 valence electrons. The fourth-order valence-electron chi connectivity index (χ4n) is 4.64. The van der Waals surface area contributed by atoms with E-state index in [2.05, 4.69) is 21.0 Å². The molecule has 6 aromatic rings. The minimum atomic E-state index is -0.354. The van der Waals surface area contributed by atoms with Gasteiger partial charge < -0.3 is 18.6 Å². The van der Waals surface area contributed by atoms with Gasteiger partial charge in [-0.05, 0) is 88.6 Å². The summed E-state index contributed by atoms with van der Waals surface area (Å²) in [5, 5.41) is 5.73. The molecule has 8 nitrogen and oxygen atoms in total. The molecule has 0 atom stereocenters. The van der Waals surface area contributed by atoms with Crippen LogP contribution >= 0.6 is 15.9 Å². The summed E-state index contributed by atoms with van der Waals surface area (Å²) in [7, 11) is 1.59. The van der Waals surface area contributed by atoms with E-state index in [1.165, 1.54) is 16.8 Å². The van der Waals surface area contributed by atoms with Gasteiger partial charge in [0, 0.05) is 0 Å². The average molecular weight is 642 g/mol. The van der Waals surface area contributed by atoms with E-state index in [-0.39, 0.29) is 23.8 Å².